The summed E-state index contributed by atoms with van der Waals surface area (Å²) in [6.07, 6.45) is 6.31. The fourth-order valence-corrected chi connectivity index (χ4v) is 4.77. The van der Waals surface area contributed by atoms with Gasteiger partial charge in [-0.2, -0.15) is 0 Å². The molecule has 0 bridgehead atoms. The van der Waals surface area contributed by atoms with Crippen molar-refractivity contribution < 1.29 is 14.3 Å². The van der Waals surface area contributed by atoms with Crippen molar-refractivity contribution in [3.63, 3.8) is 0 Å². The van der Waals surface area contributed by atoms with Crippen molar-refractivity contribution >= 4 is 17.4 Å². The number of esters is 1. The van der Waals surface area contributed by atoms with Crippen LogP contribution in [-0.4, -0.2) is 32.0 Å². The predicted molar refractivity (Wildman–Crippen MR) is 114 cm³/mol. The molecule has 1 aromatic rings. The van der Waals surface area contributed by atoms with E-state index in [9.17, 15) is 9.59 Å². The van der Waals surface area contributed by atoms with Crippen molar-refractivity contribution in [2.24, 2.45) is 0 Å². The van der Waals surface area contributed by atoms with E-state index in [0.717, 1.165) is 66.7 Å². The van der Waals surface area contributed by atoms with Crippen LogP contribution < -0.4 is 10.2 Å². The highest BCUT2D eigenvalue weighted by atomic mass is 16.5. The highest BCUT2D eigenvalue weighted by Gasteiger charge is 2.39. The van der Waals surface area contributed by atoms with Crippen LogP contribution >= 0.6 is 0 Å². The third-order valence-electron chi connectivity index (χ3n) is 6.31. The maximum atomic E-state index is 13.2. The number of benzene rings is 1. The lowest BCUT2D eigenvalue weighted by atomic mass is 9.75. The second-order valence-electron chi connectivity index (χ2n) is 8.56. The van der Waals surface area contributed by atoms with Crippen molar-refractivity contribution in [2.75, 3.05) is 19.0 Å². The molecule has 1 atom stereocenters. The van der Waals surface area contributed by atoms with E-state index in [0.29, 0.717) is 12.0 Å². The number of allylic oxidation sites excluding steroid dienone is 3. The molecule has 5 nitrogen and oxygen atoms in total. The second-order valence-corrected chi connectivity index (χ2v) is 8.56. The molecule has 154 valence electrons. The molecular formula is C24H30N2O3. The molecule has 0 aromatic heterocycles. The van der Waals surface area contributed by atoms with Crippen molar-refractivity contribution in [1.29, 1.82) is 0 Å². The standard InChI is InChI=1S/C24H30N2O3/c1-15-21(24(28)29-18-7-4-5-8-18)22(16-11-13-17(14-12-16)26(2)3)23-19(25-15)9-6-10-20(23)27/h11-14,18,22,25H,4-10H2,1-3H3/t22-/m1/s1. The third kappa shape index (κ3) is 3.83. The Labute approximate surface area is 172 Å². The fourth-order valence-electron chi connectivity index (χ4n) is 4.77. The van der Waals surface area contributed by atoms with Crippen LogP contribution in [0.1, 0.15) is 63.4 Å². The summed E-state index contributed by atoms with van der Waals surface area (Å²) in [5.41, 5.74) is 5.17. The first-order valence-corrected chi connectivity index (χ1v) is 10.7. The summed E-state index contributed by atoms with van der Waals surface area (Å²) in [7, 11) is 4.00. The summed E-state index contributed by atoms with van der Waals surface area (Å²) >= 11 is 0. The van der Waals surface area contributed by atoms with Gasteiger partial charge in [-0.3, -0.25) is 4.79 Å². The number of rotatable bonds is 4. The number of hydrogen-bond donors (Lipinski definition) is 1. The Hall–Kier alpha value is -2.56. The summed E-state index contributed by atoms with van der Waals surface area (Å²) < 4.78 is 5.87. The van der Waals surface area contributed by atoms with E-state index in [1.165, 1.54) is 0 Å². The van der Waals surface area contributed by atoms with Gasteiger partial charge in [-0.15, -0.1) is 0 Å². The van der Waals surface area contributed by atoms with Gasteiger partial charge in [-0.05, 0) is 63.1 Å². The van der Waals surface area contributed by atoms with Gasteiger partial charge in [-0.25, -0.2) is 4.79 Å². The Morgan fingerprint density at radius 1 is 1.07 bits per heavy atom. The lowest BCUT2D eigenvalue weighted by Crippen LogP contribution is -2.35. The van der Waals surface area contributed by atoms with Crippen LogP contribution in [0.2, 0.25) is 0 Å². The van der Waals surface area contributed by atoms with E-state index >= 15 is 0 Å². The fraction of sp³-hybridized carbons (Fsp3) is 0.500. The molecule has 4 rings (SSSR count). The molecule has 1 aliphatic heterocycles. The van der Waals surface area contributed by atoms with Crippen LogP contribution in [0.4, 0.5) is 5.69 Å². The molecule has 2 aliphatic carbocycles. The summed E-state index contributed by atoms with van der Waals surface area (Å²) in [5, 5.41) is 3.36. The van der Waals surface area contributed by atoms with E-state index in [1.807, 2.05) is 50.2 Å². The SMILES string of the molecule is CC1=C(C(=O)OC2CCCC2)[C@@H](c2ccc(N(C)C)cc2)C2=C(CCCC2=O)N1. The highest BCUT2D eigenvalue weighted by molar-refractivity contribution is 6.03. The normalized spacial score (nSPS) is 22.4. The Morgan fingerprint density at radius 3 is 2.41 bits per heavy atom. The van der Waals surface area contributed by atoms with Gasteiger partial charge in [0.2, 0.25) is 0 Å². The lowest BCUT2D eigenvalue weighted by Gasteiger charge is -2.34. The first-order valence-electron chi connectivity index (χ1n) is 10.7. The van der Waals surface area contributed by atoms with Gasteiger partial charge in [-0.1, -0.05) is 12.1 Å². The summed E-state index contributed by atoms with van der Waals surface area (Å²) in [5.74, 6) is -0.503. The number of hydrogen-bond acceptors (Lipinski definition) is 5. The van der Waals surface area contributed by atoms with Crippen molar-refractivity contribution in [3.8, 4) is 0 Å². The van der Waals surface area contributed by atoms with Crippen molar-refractivity contribution in [1.82, 2.24) is 5.32 Å². The highest BCUT2D eigenvalue weighted by Crippen LogP contribution is 2.43. The van der Waals surface area contributed by atoms with E-state index in [1.54, 1.807) is 0 Å². The molecule has 0 radical (unpaired) electrons. The monoisotopic (exact) mass is 394 g/mol. The van der Waals surface area contributed by atoms with Gasteiger partial charge in [0.05, 0.1) is 5.57 Å². The Morgan fingerprint density at radius 2 is 1.76 bits per heavy atom. The third-order valence-corrected chi connectivity index (χ3v) is 6.31. The number of ketones is 1. The predicted octanol–water partition coefficient (Wildman–Crippen LogP) is 4.21. The summed E-state index contributed by atoms with van der Waals surface area (Å²) in [6, 6.07) is 8.15. The molecule has 5 heteroatoms. The van der Waals surface area contributed by atoms with Crippen LogP contribution in [0.5, 0.6) is 0 Å². The number of carbonyl (C=O) groups is 2. The molecule has 0 amide bonds. The topological polar surface area (TPSA) is 58.6 Å². The second kappa shape index (κ2) is 8.05. The van der Waals surface area contributed by atoms with E-state index in [2.05, 4.69) is 5.32 Å². The van der Waals surface area contributed by atoms with Crippen LogP contribution in [0.15, 0.2) is 46.8 Å². The van der Waals surface area contributed by atoms with Gasteiger partial charge in [0.25, 0.3) is 0 Å². The minimum atomic E-state index is -0.357. The smallest absolute Gasteiger partial charge is 0.337 e. The minimum absolute atomic E-state index is 0.00278. The number of anilines is 1. The molecule has 1 fully saturated rings. The summed E-state index contributed by atoms with van der Waals surface area (Å²) in [4.78, 5) is 28.2. The van der Waals surface area contributed by atoms with Gasteiger partial charge < -0.3 is 15.0 Å². The van der Waals surface area contributed by atoms with Crippen molar-refractivity contribution in [2.45, 2.75) is 63.9 Å². The number of Topliss-reactive ketones (excluding diaryl/α,β-unsaturated/α-hetero) is 1. The molecular weight excluding hydrogens is 364 g/mol. The summed E-state index contributed by atoms with van der Waals surface area (Å²) in [6.45, 7) is 1.93. The number of dihydropyridines is 1. The van der Waals surface area contributed by atoms with Crippen LogP contribution in [0.3, 0.4) is 0 Å². The quantitative estimate of drug-likeness (QED) is 0.776. The zero-order valence-corrected chi connectivity index (χ0v) is 17.6. The van der Waals surface area contributed by atoms with Crippen molar-refractivity contribution in [3.05, 3.63) is 52.4 Å². The van der Waals surface area contributed by atoms with Gasteiger partial charge >= 0.3 is 5.97 Å². The zero-order chi connectivity index (χ0) is 20.5. The zero-order valence-electron chi connectivity index (χ0n) is 17.6. The average molecular weight is 395 g/mol. The lowest BCUT2D eigenvalue weighted by molar-refractivity contribution is -0.144. The molecule has 1 heterocycles. The van der Waals surface area contributed by atoms with Crippen LogP contribution in [0, 0.1) is 0 Å². The maximum absolute atomic E-state index is 13.2. The Bertz CT molecular complexity index is 874. The average Bonchev–Trinajstić information content (AvgIpc) is 3.20. The molecule has 1 aromatic carbocycles. The van der Waals surface area contributed by atoms with E-state index in [4.69, 9.17) is 4.74 Å². The van der Waals surface area contributed by atoms with Crippen LogP contribution in [0.25, 0.3) is 0 Å². The molecule has 0 spiro atoms. The van der Waals surface area contributed by atoms with Gasteiger partial charge in [0.1, 0.15) is 6.10 Å². The first-order chi connectivity index (χ1) is 14.0. The molecule has 1 N–H and O–H groups in total. The molecule has 1 saturated carbocycles. The van der Waals surface area contributed by atoms with E-state index < -0.39 is 0 Å². The first kappa shape index (κ1) is 19.7. The maximum Gasteiger partial charge on any atom is 0.337 e. The molecule has 0 unspecified atom stereocenters. The number of nitrogens with zero attached hydrogens (tertiary/aromatic N) is 1. The largest absolute Gasteiger partial charge is 0.459 e. The van der Waals surface area contributed by atoms with E-state index in [-0.39, 0.29) is 23.8 Å². The van der Waals surface area contributed by atoms with Gasteiger partial charge in [0.15, 0.2) is 5.78 Å². The Kier molecular flexibility index (Phi) is 5.48. The number of carbonyl (C=O) groups excluding carboxylic acids is 2. The Balaban J connectivity index is 1.74. The molecule has 0 saturated heterocycles. The molecule has 3 aliphatic rings. The van der Waals surface area contributed by atoms with Gasteiger partial charge in [0, 0.05) is 49.1 Å². The number of nitrogens with one attached hydrogen (secondary N) is 1. The number of ether oxygens (including phenoxy) is 1. The molecule has 29 heavy (non-hydrogen) atoms. The minimum Gasteiger partial charge on any atom is -0.459 e. The van der Waals surface area contributed by atoms with Crippen LogP contribution in [-0.2, 0) is 14.3 Å².